The van der Waals surface area contributed by atoms with Gasteiger partial charge in [-0.05, 0) is 68.0 Å². The Kier molecular flexibility index (Phi) is 9.38. The predicted molar refractivity (Wildman–Crippen MR) is 126 cm³/mol. The van der Waals surface area contributed by atoms with Crippen molar-refractivity contribution in [3.05, 3.63) is 63.7 Å². The van der Waals surface area contributed by atoms with Crippen molar-refractivity contribution in [3.8, 4) is 5.75 Å². The fourth-order valence-corrected chi connectivity index (χ4v) is 3.58. The summed E-state index contributed by atoms with van der Waals surface area (Å²) in [6, 6.07) is 11.0. The first-order chi connectivity index (χ1) is 14.8. The SMILES string of the molecule is CCCNC(=O)[C@@H](CC)N(Cc1ccccc1C)C(=O)COc1cc(C)c(Cl)c(C)c1. The molecule has 0 spiro atoms. The lowest BCUT2D eigenvalue weighted by Gasteiger charge is -2.31. The van der Waals surface area contributed by atoms with Crippen LogP contribution in [0.15, 0.2) is 36.4 Å². The van der Waals surface area contributed by atoms with E-state index in [9.17, 15) is 9.59 Å². The Morgan fingerprint density at radius 2 is 1.71 bits per heavy atom. The lowest BCUT2D eigenvalue weighted by Crippen LogP contribution is -2.50. The minimum atomic E-state index is -0.559. The second kappa shape index (κ2) is 11.8. The summed E-state index contributed by atoms with van der Waals surface area (Å²) in [6.45, 7) is 10.5. The second-order valence-corrected chi connectivity index (χ2v) is 8.20. The Morgan fingerprint density at radius 3 is 2.29 bits per heavy atom. The highest BCUT2D eigenvalue weighted by Gasteiger charge is 2.29. The predicted octanol–water partition coefficient (Wildman–Crippen LogP) is 4.98. The first kappa shape index (κ1) is 24.7. The Hall–Kier alpha value is -2.53. The van der Waals surface area contributed by atoms with Gasteiger partial charge in [-0.3, -0.25) is 9.59 Å². The average molecular weight is 445 g/mol. The first-order valence-corrected chi connectivity index (χ1v) is 11.2. The Morgan fingerprint density at radius 1 is 1.06 bits per heavy atom. The molecule has 0 aliphatic carbocycles. The van der Waals surface area contributed by atoms with E-state index in [1.54, 1.807) is 4.90 Å². The number of carbonyl (C=O) groups excluding carboxylic acids is 2. The van der Waals surface area contributed by atoms with E-state index in [2.05, 4.69) is 5.32 Å². The lowest BCUT2D eigenvalue weighted by molar-refractivity contribution is -0.143. The van der Waals surface area contributed by atoms with Gasteiger partial charge in [0.25, 0.3) is 5.91 Å². The summed E-state index contributed by atoms with van der Waals surface area (Å²) in [6.07, 6.45) is 1.36. The minimum absolute atomic E-state index is 0.135. The zero-order chi connectivity index (χ0) is 23.0. The number of nitrogens with one attached hydrogen (secondary N) is 1. The lowest BCUT2D eigenvalue weighted by atomic mass is 10.1. The summed E-state index contributed by atoms with van der Waals surface area (Å²) in [7, 11) is 0. The summed E-state index contributed by atoms with van der Waals surface area (Å²) in [4.78, 5) is 27.7. The Bertz CT molecular complexity index is 890. The van der Waals surface area contributed by atoms with Crippen LogP contribution < -0.4 is 10.1 Å². The highest BCUT2D eigenvalue weighted by Crippen LogP contribution is 2.26. The molecule has 0 aromatic heterocycles. The number of nitrogens with zero attached hydrogens (tertiary/aromatic N) is 1. The van der Waals surface area contributed by atoms with Gasteiger partial charge in [0.05, 0.1) is 0 Å². The highest BCUT2D eigenvalue weighted by atomic mass is 35.5. The van der Waals surface area contributed by atoms with Gasteiger partial charge < -0.3 is 15.0 Å². The van der Waals surface area contributed by atoms with E-state index < -0.39 is 6.04 Å². The van der Waals surface area contributed by atoms with E-state index in [4.69, 9.17) is 16.3 Å². The van der Waals surface area contributed by atoms with Crippen LogP contribution >= 0.6 is 11.6 Å². The van der Waals surface area contributed by atoms with Gasteiger partial charge in [0.1, 0.15) is 11.8 Å². The fraction of sp³-hybridized carbons (Fsp3) is 0.440. The van der Waals surface area contributed by atoms with Crippen molar-refractivity contribution in [2.75, 3.05) is 13.2 Å². The van der Waals surface area contributed by atoms with Crippen molar-refractivity contribution >= 4 is 23.4 Å². The first-order valence-electron chi connectivity index (χ1n) is 10.8. The third kappa shape index (κ3) is 6.73. The third-order valence-electron chi connectivity index (χ3n) is 5.31. The Balaban J connectivity index is 2.24. The molecule has 5 nitrogen and oxygen atoms in total. The molecule has 6 heteroatoms. The van der Waals surface area contributed by atoms with Crippen LogP contribution in [0, 0.1) is 20.8 Å². The molecule has 2 rings (SSSR count). The van der Waals surface area contributed by atoms with Crippen LogP contribution in [0.3, 0.4) is 0 Å². The van der Waals surface area contributed by atoms with Gasteiger partial charge in [0.2, 0.25) is 5.91 Å². The topological polar surface area (TPSA) is 58.6 Å². The smallest absolute Gasteiger partial charge is 0.261 e. The summed E-state index contributed by atoms with van der Waals surface area (Å²) >= 11 is 6.23. The maximum Gasteiger partial charge on any atom is 0.261 e. The molecule has 0 fully saturated rings. The molecule has 0 saturated heterocycles. The van der Waals surface area contributed by atoms with Gasteiger partial charge in [-0.15, -0.1) is 0 Å². The molecule has 1 atom stereocenters. The molecule has 0 bridgehead atoms. The van der Waals surface area contributed by atoms with Crippen LogP contribution in [-0.2, 0) is 16.1 Å². The van der Waals surface area contributed by atoms with Crippen molar-refractivity contribution in [1.82, 2.24) is 10.2 Å². The molecule has 31 heavy (non-hydrogen) atoms. The number of benzene rings is 2. The van der Waals surface area contributed by atoms with E-state index in [0.29, 0.717) is 30.3 Å². The van der Waals surface area contributed by atoms with E-state index in [0.717, 1.165) is 28.7 Å². The number of amides is 2. The van der Waals surface area contributed by atoms with Crippen molar-refractivity contribution in [1.29, 1.82) is 0 Å². The van der Waals surface area contributed by atoms with Crippen LogP contribution in [0.1, 0.15) is 48.9 Å². The number of hydrogen-bond acceptors (Lipinski definition) is 3. The normalized spacial score (nSPS) is 11.7. The van der Waals surface area contributed by atoms with Crippen molar-refractivity contribution < 1.29 is 14.3 Å². The molecular formula is C25H33ClN2O3. The van der Waals surface area contributed by atoms with Crippen molar-refractivity contribution in [2.45, 2.75) is 60.0 Å². The molecule has 2 aromatic rings. The Labute approximate surface area is 190 Å². The minimum Gasteiger partial charge on any atom is -0.484 e. The molecule has 0 heterocycles. The molecule has 0 saturated carbocycles. The van der Waals surface area contributed by atoms with Gasteiger partial charge >= 0.3 is 0 Å². The molecule has 2 aromatic carbocycles. The number of ether oxygens (including phenoxy) is 1. The number of carbonyl (C=O) groups is 2. The largest absolute Gasteiger partial charge is 0.484 e. The molecule has 0 aliphatic rings. The standard InChI is InChI=1S/C25H33ClN2O3/c1-6-12-27-25(30)22(7-2)28(15-20-11-9-8-10-17(20)3)23(29)16-31-21-13-18(4)24(26)19(5)14-21/h8-11,13-14,22H,6-7,12,15-16H2,1-5H3,(H,27,30)/t22-/m1/s1. The average Bonchev–Trinajstić information content (AvgIpc) is 2.75. The van der Waals surface area contributed by atoms with E-state index in [1.165, 1.54) is 0 Å². The monoisotopic (exact) mass is 444 g/mol. The summed E-state index contributed by atoms with van der Waals surface area (Å²) in [5, 5.41) is 3.62. The highest BCUT2D eigenvalue weighted by molar-refractivity contribution is 6.32. The van der Waals surface area contributed by atoms with Crippen LogP contribution in [0.5, 0.6) is 5.75 Å². The van der Waals surface area contributed by atoms with Crippen LogP contribution in [0.4, 0.5) is 0 Å². The van der Waals surface area contributed by atoms with Crippen molar-refractivity contribution in [3.63, 3.8) is 0 Å². The molecule has 1 N–H and O–H groups in total. The molecular weight excluding hydrogens is 412 g/mol. The summed E-state index contributed by atoms with van der Waals surface area (Å²) in [5.41, 5.74) is 3.88. The maximum atomic E-state index is 13.2. The summed E-state index contributed by atoms with van der Waals surface area (Å²) in [5.74, 6) is 0.226. The second-order valence-electron chi connectivity index (χ2n) is 7.82. The van der Waals surface area contributed by atoms with E-state index in [-0.39, 0.29) is 18.4 Å². The van der Waals surface area contributed by atoms with E-state index in [1.807, 2.05) is 71.0 Å². The van der Waals surface area contributed by atoms with Gasteiger partial charge in [0, 0.05) is 18.1 Å². The number of hydrogen-bond donors (Lipinski definition) is 1. The van der Waals surface area contributed by atoms with Gasteiger partial charge in [-0.2, -0.15) is 0 Å². The van der Waals surface area contributed by atoms with Gasteiger partial charge in [-0.1, -0.05) is 49.7 Å². The molecule has 2 amide bonds. The zero-order valence-corrected chi connectivity index (χ0v) is 19.9. The van der Waals surface area contributed by atoms with Crippen molar-refractivity contribution in [2.24, 2.45) is 0 Å². The number of aryl methyl sites for hydroxylation is 3. The third-order valence-corrected chi connectivity index (χ3v) is 5.91. The molecule has 0 radical (unpaired) electrons. The molecule has 168 valence electrons. The van der Waals surface area contributed by atoms with Crippen LogP contribution in [0.2, 0.25) is 5.02 Å². The summed E-state index contributed by atoms with van der Waals surface area (Å²) < 4.78 is 5.81. The number of rotatable bonds is 10. The van der Waals surface area contributed by atoms with Gasteiger partial charge in [-0.25, -0.2) is 0 Å². The zero-order valence-electron chi connectivity index (χ0n) is 19.1. The fourth-order valence-electron chi connectivity index (χ4n) is 3.47. The van der Waals surface area contributed by atoms with Crippen LogP contribution in [-0.4, -0.2) is 35.9 Å². The quantitative estimate of drug-likeness (QED) is 0.562. The maximum absolute atomic E-state index is 13.2. The van der Waals surface area contributed by atoms with E-state index >= 15 is 0 Å². The van der Waals surface area contributed by atoms with Crippen LogP contribution in [0.25, 0.3) is 0 Å². The van der Waals surface area contributed by atoms with Gasteiger partial charge in [0.15, 0.2) is 6.61 Å². The molecule has 0 unspecified atom stereocenters. The molecule has 0 aliphatic heterocycles. The number of halogens is 1.